The monoisotopic (exact) mass is 306 g/mol. The van der Waals surface area contributed by atoms with Gasteiger partial charge >= 0.3 is 0 Å². The van der Waals surface area contributed by atoms with E-state index in [4.69, 9.17) is 4.74 Å². The Morgan fingerprint density at radius 2 is 2.00 bits per heavy atom. The lowest BCUT2D eigenvalue weighted by molar-refractivity contribution is -0.0394. The van der Waals surface area contributed by atoms with Gasteiger partial charge in [0.2, 0.25) is 0 Å². The molecule has 1 aliphatic heterocycles. The van der Waals surface area contributed by atoms with E-state index in [2.05, 4.69) is 39.4 Å². The van der Waals surface area contributed by atoms with Crippen LogP contribution in [0, 0.1) is 0 Å². The highest BCUT2D eigenvalue weighted by Gasteiger charge is 2.16. The van der Waals surface area contributed by atoms with Gasteiger partial charge < -0.3 is 4.74 Å². The third kappa shape index (κ3) is 2.49. The van der Waals surface area contributed by atoms with Crippen molar-refractivity contribution in [3.05, 3.63) is 41.1 Å². The summed E-state index contributed by atoms with van der Waals surface area (Å²) < 4.78 is 8.76. The molecule has 18 heavy (non-hydrogen) atoms. The Labute approximate surface area is 115 Å². The first-order valence-corrected chi connectivity index (χ1v) is 7.04. The number of rotatable bonds is 2. The SMILES string of the molecule is Brc1ccc(-c2cnn(C3CCCCO3)c2)cc1. The lowest BCUT2D eigenvalue weighted by Crippen LogP contribution is -2.18. The summed E-state index contributed by atoms with van der Waals surface area (Å²) in [5.41, 5.74) is 2.32. The fourth-order valence-corrected chi connectivity index (χ4v) is 2.48. The molecule has 0 aliphatic carbocycles. The number of aromatic nitrogens is 2. The third-order valence-corrected chi connectivity index (χ3v) is 3.76. The number of hydrogen-bond acceptors (Lipinski definition) is 2. The highest BCUT2D eigenvalue weighted by atomic mass is 79.9. The summed E-state index contributed by atoms with van der Waals surface area (Å²) in [7, 11) is 0. The molecule has 0 N–H and O–H groups in total. The highest BCUT2D eigenvalue weighted by Crippen LogP contribution is 2.25. The molecule has 1 aromatic heterocycles. The maximum Gasteiger partial charge on any atom is 0.150 e. The summed E-state index contributed by atoms with van der Waals surface area (Å²) in [6.45, 7) is 0.845. The summed E-state index contributed by atoms with van der Waals surface area (Å²) in [6, 6.07) is 8.27. The zero-order valence-corrected chi connectivity index (χ0v) is 11.6. The average Bonchev–Trinajstić information content (AvgIpc) is 2.90. The lowest BCUT2D eigenvalue weighted by Gasteiger charge is -2.22. The van der Waals surface area contributed by atoms with Crippen LogP contribution in [-0.4, -0.2) is 16.4 Å². The summed E-state index contributed by atoms with van der Waals surface area (Å²) in [5, 5.41) is 4.42. The second-order valence-corrected chi connectivity index (χ2v) is 5.45. The van der Waals surface area contributed by atoms with Gasteiger partial charge in [0.15, 0.2) is 0 Å². The highest BCUT2D eigenvalue weighted by molar-refractivity contribution is 9.10. The van der Waals surface area contributed by atoms with Crippen molar-refractivity contribution in [2.45, 2.75) is 25.5 Å². The Kier molecular flexibility index (Phi) is 3.48. The minimum absolute atomic E-state index is 0.114. The number of hydrogen-bond donors (Lipinski definition) is 0. The molecule has 3 nitrogen and oxygen atoms in total. The third-order valence-electron chi connectivity index (χ3n) is 3.23. The number of benzene rings is 1. The first kappa shape index (κ1) is 11.9. The zero-order chi connectivity index (χ0) is 12.4. The minimum atomic E-state index is 0.114. The van der Waals surface area contributed by atoms with Crippen LogP contribution in [0.15, 0.2) is 41.1 Å². The van der Waals surface area contributed by atoms with Gasteiger partial charge in [0, 0.05) is 22.8 Å². The van der Waals surface area contributed by atoms with Crippen LogP contribution >= 0.6 is 15.9 Å². The van der Waals surface area contributed by atoms with E-state index in [1.807, 2.05) is 23.0 Å². The molecule has 3 rings (SSSR count). The Morgan fingerprint density at radius 1 is 1.17 bits per heavy atom. The molecule has 1 atom stereocenters. The van der Waals surface area contributed by atoms with Gasteiger partial charge in [0.25, 0.3) is 0 Å². The van der Waals surface area contributed by atoms with Gasteiger partial charge in [-0.3, -0.25) is 0 Å². The summed E-state index contributed by atoms with van der Waals surface area (Å²) in [5.74, 6) is 0. The zero-order valence-electron chi connectivity index (χ0n) is 10.1. The van der Waals surface area contributed by atoms with E-state index in [1.165, 1.54) is 12.0 Å². The van der Waals surface area contributed by atoms with E-state index in [-0.39, 0.29) is 6.23 Å². The fourth-order valence-electron chi connectivity index (χ4n) is 2.22. The van der Waals surface area contributed by atoms with Crippen molar-refractivity contribution in [2.24, 2.45) is 0 Å². The second kappa shape index (κ2) is 5.24. The van der Waals surface area contributed by atoms with Crippen molar-refractivity contribution < 1.29 is 4.74 Å². The standard InChI is InChI=1S/C14H15BrN2O/c15-13-6-4-11(5-7-13)12-9-16-17(10-12)14-3-1-2-8-18-14/h4-7,9-10,14H,1-3,8H2. The van der Waals surface area contributed by atoms with E-state index in [9.17, 15) is 0 Å². The molecule has 94 valence electrons. The Bertz CT molecular complexity index is 515. The Morgan fingerprint density at radius 3 is 2.72 bits per heavy atom. The van der Waals surface area contributed by atoms with Crippen LogP contribution < -0.4 is 0 Å². The number of nitrogens with zero attached hydrogens (tertiary/aromatic N) is 2. The minimum Gasteiger partial charge on any atom is -0.357 e. The Balaban J connectivity index is 1.82. The molecule has 2 heterocycles. The van der Waals surface area contributed by atoms with Gasteiger partial charge in [-0.05, 0) is 37.0 Å². The van der Waals surface area contributed by atoms with Crippen molar-refractivity contribution >= 4 is 15.9 Å². The number of halogens is 1. The molecule has 0 spiro atoms. The maximum atomic E-state index is 5.73. The van der Waals surface area contributed by atoms with Crippen molar-refractivity contribution in [3.8, 4) is 11.1 Å². The van der Waals surface area contributed by atoms with E-state index in [1.54, 1.807) is 0 Å². The molecule has 1 aromatic carbocycles. The molecular weight excluding hydrogens is 292 g/mol. The van der Waals surface area contributed by atoms with Crippen molar-refractivity contribution in [1.82, 2.24) is 9.78 Å². The topological polar surface area (TPSA) is 27.1 Å². The average molecular weight is 307 g/mol. The van der Waals surface area contributed by atoms with Gasteiger partial charge in [0.05, 0.1) is 6.20 Å². The van der Waals surface area contributed by atoms with E-state index < -0.39 is 0 Å². The molecule has 1 unspecified atom stereocenters. The predicted molar refractivity (Wildman–Crippen MR) is 74.2 cm³/mol. The smallest absolute Gasteiger partial charge is 0.150 e. The van der Waals surface area contributed by atoms with Gasteiger partial charge in [-0.2, -0.15) is 5.10 Å². The largest absolute Gasteiger partial charge is 0.357 e. The lowest BCUT2D eigenvalue weighted by atomic mass is 10.1. The second-order valence-electron chi connectivity index (χ2n) is 4.54. The molecule has 1 saturated heterocycles. The van der Waals surface area contributed by atoms with Gasteiger partial charge in [-0.25, -0.2) is 4.68 Å². The van der Waals surface area contributed by atoms with Crippen molar-refractivity contribution in [2.75, 3.05) is 6.61 Å². The molecule has 0 amide bonds. The fraction of sp³-hybridized carbons (Fsp3) is 0.357. The molecule has 4 heteroatoms. The molecular formula is C14H15BrN2O. The van der Waals surface area contributed by atoms with Crippen LogP contribution in [0.2, 0.25) is 0 Å². The quantitative estimate of drug-likeness (QED) is 0.838. The Hall–Kier alpha value is -1.13. The molecule has 0 radical (unpaired) electrons. The van der Waals surface area contributed by atoms with E-state index >= 15 is 0 Å². The van der Waals surface area contributed by atoms with Crippen LogP contribution in [0.4, 0.5) is 0 Å². The molecule has 1 fully saturated rings. The van der Waals surface area contributed by atoms with Crippen molar-refractivity contribution in [1.29, 1.82) is 0 Å². The number of ether oxygens (including phenoxy) is 1. The van der Waals surface area contributed by atoms with Gasteiger partial charge in [0.1, 0.15) is 6.23 Å². The summed E-state index contributed by atoms with van der Waals surface area (Å²) >= 11 is 3.44. The summed E-state index contributed by atoms with van der Waals surface area (Å²) in [6.07, 6.45) is 7.53. The van der Waals surface area contributed by atoms with Crippen LogP contribution in [-0.2, 0) is 4.74 Å². The van der Waals surface area contributed by atoms with Crippen LogP contribution in [0.1, 0.15) is 25.5 Å². The first-order valence-electron chi connectivity index (χ1n) is 6.24. The van der Waals surface area contributed by atoms with Crippen molar-refractivity contribution in [3.63, 3.8) is 0 Å². The van der Waals surface area contributed by atoms with Crippen LogP contribution in [0.3, 0.4) is 0 Å². The van der Waals surface area contributed by atoms with Crippen LogP contribution in [0.5, 0.6) is 0 Å². The van der Waals surface area contributed by atoms with E-state index in [0.717, 1.165) is 29.5 Å². The first-order chi connectivity index (χ1) is 8.83. The summed E-state index contributed by atoms with van der Waals surface area (Å²) in [4.78, 5) is 0. The maximum absolute atomic E-state index is 5.73. The van der Waals surface area contributed by atoms with Gasteiger partial charge in [-0.1, -0.05) is 28.1 Å². The molecule has 1 aliphatic rings. The predicted octanol–water partition coefficient (Wildman–Crippen LogP) is 4.01. The molecule has 0 saturated carbocycles. The molecule has 0 bridgehead atoms. The molecule has 2 aromatic rings. The van der Waals surface area contributed by atoms with Crippen LogP contribution in [0.25, 0.3) is 11.1 Å². The normalized spacial score (nSPS) is 19.9. The van der Waals surface area contributed by atoms with Gasteiger partial charge in [-0.15, -0.1) is 0 Å². The van der Waals surface area contributed by atoms with E-state index in [0.29, 0.717) is 0 Å².